The third-order valence-corrected chi connectivity index (χ3v) is 3.85. The summed E-state index contributed by atoms with van der Waals surface area (Å²) in [4.78, 5) is 28.9. The van der Waals surface area contributed by atoms with E-state index in [-0.39, 0.29) is 11.8 Å². The van der Waals surface area contributed by atoms with Crippen LogP contribution in [0.1, 0.15) is 31.1 Å². The molecule has 0 saturated heterocycles. The smallest absolute Gasteiger partial charge is 0.279 e. The summed E-state index contributed by atoms with van der Waals surface area (Å²) in [6.07, 6.45) is 1.84. The van der Waals surface area contributed by atoms with Crippen LogP contribution in [0.5, 0.6) is 0 Å². The number of hydrogen-bond acceptors (Lipinski definition) is 3. The molecule has 0 unspecified atom stereocenters. The second-order valence-electron chi connectivity index (χ2n) is 6.00. The molecular formula is C16H19N3O2S. The first-order valence-electron chi connectivity index (χ1n) is 6.88. The van der Waals surface area contributed by atoms with Crippen LogP contribution in [-0.2, 0) is 11.8 Å². The molecule has 2 rings (SSSR count). The molecule has 0 aliphatic carbocycles. The molecule has 0 radical (unpaired) electrons. The SMILES string of the molecule is Cn1ccsc1=NC(=O)c1cccc(NC(=O)C(C)(C)C)c1. The summed E-state index contributed by atoms with van der Waals surface area (Å²) in [5.41, 5.74) is 0.548. The third kappa shape index (κ3) is 3.92. The van der Waals surface area contributed by atoms with Gasteiger partial charge in [0.1, 0.15) is 0 Å². The van der Waals surface area contributed by atoms with Crippen LogP contribution >= 0.6 is 11.3 Å². The van der Waals surface area contributed by atoms with Gasteiger partial charge >= 0.3 is 0 Å². The van der Waals surface area contributed by atoms with Crippen LogP contribution in [0, 0.1) is 5.41 Å². The van der Waals surface area contributed by atoms with E-state index in [9.17, 15) is 9.59 Å². The standard InChI is InChI=1S/C16H19N3O2S/c1-16(2,3)14(21)17-12-7-5-6-11(10-12)13(20)18-15-19(4)8-9-22-15/h5-10H,1-4H3,(H,17,21). The second kappa shape index (κ2) is 6.27. The Labute approximate surface area is 133 Å². The number of hydrogen-bond donors (Lipinski definition) is 1. The number of aromatic nitrogens is 1. The fourth-order valence-corrected chi connectivity index (χ4v) is 2.36. The molecule has 6 heteroatoms. The lowest BCUT2D eigenvalue weighted by molar-refractivity contribution is -0.123. The maximum Gasteiger partial charge on any atom is 0.279 e. The van der Waals surface area contributed by atoms with Gasteiger partial charge < -0.3 is 9.88 Å². The summed E-state index contributed by atoms with van der Waals surface area (Å²) in [7, 11) is 1.84. The number of aryl methyl sites for hydroxylation is 1. The van der Waals surface area contributed by atoms with E-state index in [1.807, 2.05) is 39.4 Å². The van der Waals surface area contributed by atoms with Gasteiger partial charge in [-0.25, -0.2) is 0 Å². The summed E-state index contributed by atoms with van der Waals surface area (Å²) in [6.45, 7) is 5.51. The first kappa shape index (κ1) is 16.2. The molecule has 2 amide bonds. The van der Waals surface area contributed by atoms with Crippen molar-refractivity contribution in [2.24, 2.45) is 17.5 Å². The Bertz CT molecular complexity index is 766. The lowest BCUT2D eigenvalue weighted by Crippen LogP contribution is -2.27. The molecular weight excluding hydrogens is 298 g/mol. The lowest BCUT2D eigenvalue weighted by atomic mass is 9.95. The molecule has 0 spiro atoms. The summed E-state index contributed by atoms with van der Waals surface area (Å²) in [5.74, 6) is -0.427. The molecule has 22 heavy (non-hydrogen) atoms. The first-order chi connectivity index (χ1) is 10.3. The van der Waals surface area contributed by atoms with Gasteiger partial charge in [0, 0.05) is 35.3 Å². The third-order valence-electron chi connectivity index (χ3n) is 3.01. The Hall–Kier alpha value is -2.21. The van der Waals surface area contributed by atoms with Crippen LogP contribution in [0.15, 0.2) is 40.8 Å². The highest BCUT2D eigenvalue weighted by molar-refractivity contribution is 7.07. The summed E-state index contributed by atoms with van der Waals surface area (Å²) < 4.78 is 1.79. The fraction of sp³-hybridized carbons (Fsp3) is 0.312. The minimum absolute atomic E-state index is 0.0984. The van der Waals surface area contributed by atoms with Crippen molar-refractivity contribution in [1.82, 2.24) is 4.57 Å². The van der Waals surface area contributed by atoms with Gasteiger partial charge in [0.2, 0.25) is 5.91 Å². The van der Waals surface area contributed by atoms with Gasteiger partial charge in [-0.1, -0.05) is 26.8 Å². The predicted octanol–water partition coefficient (Wildman–Crippen LogP) is 2.81. The number of benzene rings is 1. The van der Waals surface area contributed by atoms with Crippen LogP contribution in [0.25, 0.3) is 0 Å². The van der Waals surface area contributed by atoms with Gasteiger partial charge in [-0.05, 0) is 18.2 Å². The largest absolute Gasteiger partial charge is 0.327 e. The zero-order valence-electron chi connectivity index (χ0n) is 13.1. The van der Waals surface area contributed by atoms with E-state index in [4.69, 9.17) is 0 Å². The first-order valence-corrected chi connectivity index (χ1v) is 7.76. The van der Waals surface area contributed by atoms with E-state index < -0.39 is 5.41 Å². The molecule has 0 bridgehead atoms. The predicted molar refractivity (Wildman–Crippen MR) is 87.7 cm³/mol. The van der Waals surface area contributed by atoms with Gasteiger partial charge in [-0.3, -0.25) is 9.59 Å². The Morgan fingerprint density at radius 1 is 1.27 bits per heavy atom. The van der Waals surface area contributed by atoms with Crippen LogP contribution in [0.2, 0.25) is 0 Å². The van der Waals surface area contributed by atoms with Gasteiger partial charge in [-0.15, -0.1) is 11.3 Å². The van der Waals surface area contributed by atoms with Crippen molar-refractivity contribution in [2.75, 3.05) is 5.32 Å². The van der Waals surface area contributed by atoms with Crippen molar-refractivity contribution in [3.8, 4) is 0 Å². The average Bonchev–Trinajstić information content (AvgIpc) is 2.83. The number of anilines is 1. The summed E-state index contributed by atoms with van der Waals surface area (Å²) in [6, 6.07) is 6.82. The molecule has 1 aromatic heterocycles. The number of nitrogens with zero attached hydrogens (tertiary/aromatic N) is 2. The molecule has 0 aliphatic rings. The topological polar surface area (TPSA) is 63.5 Å². The van der Waals surface area contributed by atoms with E-state index in [1.54, 1.807) is 28.8 Å². The molecule has 1 N–H and O–H groups in total. The Balaban J connectivity index is 2.24. The van der Waals surface area contributed by atoms with Gasteiger partial charge in [0.25, 0.3) is 5.91 Å². The number of nitrogens with one attached hydrogen (secondary N) is 1. The molecule has 5 nitrogen and oxygen atoms in total. The quantitative estimate of drug-likeness (QED) is 0.925. The normalized spacial score (nSPS) is 12.3. The zero-order chi connectivity index (χ0) is 16.3. The highest BCUT2D eigenvalue weighted by Gasteiger charge is 2.21. The van der Waals surface area contributed by atoms with Crippen molar-refractivity contribution < 1.29 is 9.59 Å². The number of carbonyl (C=O) groups excluding carboxylic acids is 2. The highest BCUT2D eigenvalue weighted by atomic mass is 32.1. The molecule has 1 heterocycles. The molecule has 1 aromatic carbocycles. The Morgan fingerprint density at radius 3 is 2.59 bits per heavy atom. The van der Waals surface area contributed by atoms with Gasteiger partial charge in [-0.2, -0.15) is 4.99 Å². The molecule has 0 saturated carbocycles. The molecule has 0 atom stereocenters. The maximum absolute atomic E-state index is 12.2. The van der Waals surface area contributed by atoms with Crippen molar-refractivity contribution in [3.63, 3.8) is 0 Å². The number of rotatable bonds is 2. The lowest BCUT2D eigenvalue weighted by Gasteiger charge is -2.17. The van der Waals surface area contributed by atoms with E-state index >= 15 is 0 Å². The van der Waals surface area contributed by atoms with E-state index in [1.165, 1.54) is 11.3 Å². The number of carbonyl (C=O) groups is 2. The van der Waals surface area contributed by atoms with Crippen molar-refractivity contribution in [3.05, 3.63) is 46.2 Å². The van der Waals surface area contributed by atoms with Crippen LogP contribution in [-0.4, -0.2) is 16.4 Å². The average molecular weight is 317 g/mol. The monoisotopic (exact) mass is 317 g/mol. The van der Waals surface area contributed by atoms with Crippen LogP contribution in [0.3, 0.4) is 0 Å². The minimum atomic E-state index is -0.491. The summed E-state index contributed by atoms with van der Waals surface area (Å²) >= 11 is 1.40. The molecule has 116 valence electrons. The Kier molecular flexibility index (Phi) is 4.61. The maximum atomic E-state index is 12.2. The Morgan fingerprint density at radius 2 is 2.00 bits per heavy atom. The van der Waals surface area contributed by atoms with Crippen LogP contribution < -0.4 is 10.1 Å². The number of thiazole rings is 1. The molecule has 0 fully saturated rings. The zero-order valence-corrected chi connectivity index (χ0v) is 13.9. The van der Waals surface area contributed by atoms with Crippen molar-refractivity contribution >= 4 is 28.8 Å². The second-order valence-corrected chi connectivity index (χ2v) is 6.87. The van der Waals surface area contributed by atoms with Crippen molar-refractivity contribution in [2.45, 2.75) is 20.8 Å². The summed E-state index contributed by atoms with van der Waals surface area (Å²) in [5, 5.41) is 4.68. The highest BCUT2D eigenvalue weighted by Crippen LogP contribution is 2.18. The van der Waals surface area contributed by atoms with Crippen LogP contribution in [0.4, 0.5) is 5.69 Å². The van der Waals surface area contributed by atoms with Crippen molar-refractivity contribution in [1.29, 1.82) is 0 Å². The van der Waals surface area contributed by atoms with Gasteiger partial charge in [0.05, 0.1) is 0 Å². The fourth-order valence-electron chi connectivity index (χ4n) is 1.63. The van der Waals surface area contributed by atoms with E-state index in [0.29, 0.717) is 16.1 Å². The van der Waals surface area contributed by atoms with E-state index in [0.717, 1.165) is 0 Å². The van der Waals surface area contributed by atoms with Gasteiger partial charge in [0.15, 0.2) is 4.80 Å². The number of amides is 2. The molecule has 2 aromatic rings. The van der Waals surface area contributed by atoms with E-state index in [2.05, 4.69) is 10.3 Å². The molecule has 0 aliphatic heterocycles. The minimum Gasteiger partial charge on any atom is -0.327 e.